The van der Waals surface area contributed by atoms with Crippen molar-refractivity contribution in [1.29, 1.82) is 0 Å². The molecular weight excluding hydrogens is 300 g/mol. The summed E-state index contributed by atoms with van der Waals surface area (Å²) in [7, 11) is 0. The van der Waals surface area contributed by atoms with Crippen LogP contribution in [0.3, 0.4) is 0 Å². The van der Waals surface area contributed by atoms with Crippen molar-refractivity contribution in [3.63, 3.8) is 0 Å². The Hall–Kier alpha value is -2.88. The predicted octanol–water partition coefficient (Wildman–Crippen LogP) is 3.95. The molecule has 1 heterocycles. The first-order valence-electron chi connectivity index (χ1n) is 8.12. The Balaban J connectivity index is 1.89. The summed E-state index contributed by atoms with van der Waals surface area (Å²) in [5, 5.41) is 3.75. The smallest absolute Gasteiger partial charge is 0.252 e. The lowest BCUT2D eigenvalue weighted by Gasteiger charge is -2.11. The molecule has 0 radical (unpaired) electrons. The summed E-state index contributed by atoms with van der Waals surface area (Å²) in [6.45, 7) is 3.09. The van der Waals surface area contributed by atoms with E-state index in [4.69, 9.17) is 4.74 Å². The van der Waals surface area contributed by atoms with Crippen LogP contribution in [-0.4, -0.2) is 17.4 Å². The van der Waals surface area contributed by atoms with Crippen molar-refractivity contribution in [2.45, 2.75) is 20.0 Å². The second-order valence-electron chi connectivity index (χ2n) is 5.56. The SMILES string of the molecule is CCCNC(=O)c1cc(OCc2ccccc2)nc2ccccc12. The van der Waals surface area contributed by atoms with Crippen LogP contribution in [0.1, 0.15) is 29.3 Å². The third kappa shape index (κ3) is 3.71. The van der Waals surface area contributed by atoms with Crippen LogP contribution in [0.5, 0.6) is 5.88 Å². The van der Waals surface area contributed by atoms with Gasteiger partial charge in [-0.1, -0.05) is 55.5 Å². The van der Waals surface area contributed by atoms with Gasteiger partial charge < -0.3 is 10.1 Å². The molecule has 0 bridgehead atoms. The number of benzene rings is 2. The fourth-order valence-corrected chi connectivity index (χ4v) is 2.48. The summed E-state index contributed by atoms with van der Waals surface area (Å²) in [6, 6.07) is 19.2. The molecule has 0 aliphatic rings. The summed E-state index contributed by atoms with van der Waals surface area (Å²) < 4.78 is 5.80. The molecule has 0 fully saturated rings. The van der Waals surface area contributed by atoms with Crippen LogP contribution in [0.4, 0.5) is 0 Å². The largest absolute Gasteiger partial charge is 0.473 e. The summed E-state index contributed by atoms with van der Waals surface area (Å²) in [4.78, 5) is 17.0. The van der Waals surface area contributed by atoms with E-state index in [1.807, 2.05) is 61.5 Å². The number of pyridine rings is 1. The van der Waals surface area contributed by atoms with Gasteiger partial charge in [-0.05, 0) is 18.1 Å². The van der Waals surface area contributed by atoms with Crippen molar-refractivity contribution in [1.82, 2.24) is 10.3 Å². The van der Waals surface area contributed by atoms with Crippen molar-refractivity contribution in [3.05, 3.63) is 71.8 Å². The van der Waals surface area contributed by atoms with E-state index in [2.05, 4.69) is 10.3 Å². The molecule has 1 aromatic heterocycles. The van der Waals surface area contributed by atoms with Crippen molar-refractivity contribution < 1.29 is 9.53 Å². The zero-order valence-corrected chi connectivity index (χ0v) is 13.7. The fraction of sp³-hybridized carbons (Fsp3) is 0.200. The van der Waals surface area contributed by atoms with Gasteiger partial charge >= 0.3 is 0 Å². The van der Waals surface area contributed by atoms with Crippen LogP contribution in [-0.2, 0) is 6.61 Å². The molecule has 24 heavy (non-hydrogen) atoms. The number of rotatable bonds is 6. The molecule has 122 valence electrons. The number of aromatic nitrogens is 1. The number of para-hydroxylation sites is 1. The van der Waals surface area contributed by atoms with E-state index < -0.39 is 0 Å². The Morgan fingerprint density at radius 2 is 1.83 bits per heavy atom. The highest BCUT2D eigenvalue weighted by molar-refractivity contribution is 6.06. The van der Waals surface area contributed by atoms with Crippen molar-refractivity contribution in [2.75, 3.05) is 6.54 Å². The number of hydrogen-bond donors (Lipinski definition) is 1. The highest BCUT2D eigenvalue weighted by Gasteiger charge is 2.13. The highest BCUT2D eigenvalue weighted by atomic mass is 16.5. The van der Waals surface area contributed by atoms with Crippen LogP contribution in [0, 0.1) is 0 Å². The number of hydrogen-bond acceptors (Lipinski definition) is 3. The molecule has 2 aromatic carbocycles. The van der Waals surface area contributed by atoms with Crippen molar-refractivity contribution in [3.8, 4) is 5.88 Å². The lowest BCUT2D eigenvalue weighted by Crippen LogP contribution is -2.24. The lowest BCUT2D eigenvalue weighted by molar-refractivity contribution is 0.0954. The Bertz CT molecular complexity index is 831. The molecular formula is C20H20N2O2. The average Bonchev–Trinajstić information content (AvgIpc) is 2.64. The van der Waals surface area contributed by atoms with E-state index in [1.54, 1.807) is 6.07 Å². The van der Waals surface area contributed by atoms with Gasteiger partial charge in [0.05, 0.1) is 11.1 Å². The van der Waals surface area contributed by atoms with E-state index >= 15 is 0 Å². The van der Waals surface area contributed by atoms with E-state index in [0.717, 1.165) is 22.9 Å². The minimum Gasteiger partial charge on any atom is -0.473 e. The Labute approximate surface area is 141 Å². The summed E-state index contributed by atoms with van der Waals surface area (Å²) >= 11 is 0. The number of ether oxygens (including phenoxy) is 1. The van der Waals surface area contributed by atoms with E-state index in [-0.39, 0.29) is 5.91 Å². The minimum atomic E-state index is -0.0972. The second kappa shape index (κ2) is 7.59. The Kier molecular flexibility index (Phi) is 5.06. The quantitative estimate of drug-likeness (QED) is 0.748. The predicted molar refractivity (Wildman–Crippen MR) is 95.1 cm³/mol. The Morgan fingerprint density at radius 1 is 1.08 bits per heavy atom. The number of nitrogens with zero attached hydrogens (tertiary/aromatic N) is 1. The maximum Gasteiger partial charge on any atom is 0.252 e. The van der Waals surface area contributed by atoms with Gasteiger partial charge in [-0.25, -0.2) is 4.98 Å². The number of carbonyl (C=O) groups is 1. The summed E-state index contributed by atoms with van der Waals surface area (Å²) in [5.74, 6) is 0.360. The molecule has 0 unspecified atom stereocenters. The molecule has 0 aliphatic carbocycles. The number of nitrogens with one attached hydrogen (secondary N) is 1. The van der Waals surface area contributed by atoms with Gasteiger partial charge in [0.15, 0.2) is 0 Å². The molecule has 0 atom stereocenters. The van der Waals surface area contributed by atoms with Crippen LogP contribution < -0.4 is 10.1 Å². The molecule has 1 amide bonds. The molecule has 3 aromatic rings. The van der Waals surface area contributed by atoms with Crippen LogP contribution in [0.25, 0.3) is 10.9 Å². The van der Waals surface area contributed by atoms with Gasteiger partial charge in [0.2, 0.25) is 5.88 Å². The minimum absolute atomic E-state index is 0.0972. The van der Waals surface area contributed by atoms with Crippen molar-refractivity contribution >= 4 is 16.8 Å². The molecule has 3 rings (SSSR count). The third-order valence-corrected chi connectivity index (χ3v) is 3.70. The normalized spacial score (nSPS) is 10.5. The van der Waals surface area contributed by atoms with Gasteiger partial charge in [0.25, 0.3) is 5.91 Å². The summed E-state index contributed by atoms with van der Waals surface area (Å²) in [6.07, 6.45) is 0.895. The Morgan fingerprint density at radius 3 is 2.62 bits per heavy atom. The number of amides is 1. The highest BCUT2D eigenvalue weighted by Crippen LogP contribution is 2.22. The molecule has 0 saturated heterocycles. The first kappa shape index (κ1) is 16.0. The third-order valence-electron chi connectivity index (χ3n) is 3.70. The molecule has 4 nitrogen and oxygen atoms in total. The zero-order chi connectivity index (χ0) is 16.8. The molecule has 1 N–H and O–H groups in total. The van der Waals surface area contributed by atoms with Gasteiger partial charge in [0.1, 0.15) is 6.61 Å². The summed E-state index contributed by atoms with van der Waals surface area (Å²) in [5.41, 5.74) is 2.41. The zero-order valence-electron chi connectivity index (χ0n) is 13.7. The first-order chi connectivity index (χ1) is 11.8. The molecule has 0 saturated carbocycles. The molecule has 4 heteroatoms. The topological polar surface area (TPSA) is 51.2 Å². The van der Waals surface area contributed by atoms with Crippen LogP contribution in [0.15, 0.2) is 60.7 Å². The monoisotopic (exact) mass is 320 g/mol. The van der Waals surface area contributed by atoms with Gasteiger partial charge in [-0.15, -0.1) is 0 Å². The number of carbonyl (C=O) groups excluding carboxylic acids is 1. The standard InChI is InChI=1S/C20H20N2O2/c1-2-12-21-20(23)17-13-19(22-18-11-7-6-10-16(17)18)24-14-15-8-4-3-5-9-15/h3-11,13H,2,12,14H2,1H3,(H,21,23). The van der Waals surface area contributed by atoms with Crippen LogP contribution in [0.2, 0.25) is 0 Å². The van der Waals surface area contributed by atoms with E-state index in [0.29, 0.717) is 24.6 Å². The molecule has 0 spiro atoms. The maximum atomic E-state index is 12.4. The maximum absolute atomic E-state index is 12.4. The average molecular weight is 320 g/mol. The van der Waals surface area contributed by atoms with Gasteiger partial charge in [-0.3, -0.25) is 4.79 Å². The second-order valence-corrected chi connectivity index (χ2v) is 5.56. The number of fused-ring (bicyclic) bond motifs is 1. The van der Waals surface area contributed by atoms with E-state index in [9.17, 15) is 4.79 Å². The van der Waals surface area contributed by atoms with Crippen LogP contribution >= 0.6 is 0 Å². The van der Waals surface area contributed by atoms with Gasteiger partial charge in [0, 0.05) is 18.0 Å². The van der Waals surface area contributed by atoms with Crippen molar-refractivity contribution in [2.24, 2.45) is 0 Å². The van der Waals surface area contributed by atoms with Gasteiger partial charge in [-0.2, -0.15) is 0 Å². The molecule has 0 aliphatic heterocycles. The van der Waals surface area contributed by atoms with E-state index in [1.165, 1.54) is 0 Å². The first-order valence-corrected chi connectivity index (χ1v) is 8.12. The fourth-order valence-electron chi connectivity index (χ4n) is 2.48. The lowest BCUT2D eigenvalue weighted by atomic mass is 10.1.